The van der Waals surface area contributed by atoms with E-state index in [1.807, 2.05) is 24.3 Å². The van der Waals surface area contributed by atoms with E-state index in [0.29, 0.717) is 24.0 Å². The summed E-state index contributed by atoms with van der Waals surface area (Å²) in [5.74, 6) is 0.251. The van der Waals surface area contributed by atoms with Crippen molar-refractivity contribution in [3.8, 4) is 11.5 Å². The first-order chi connectivity index (χ1) is 10.1. The Morgan fingerprint density at radius 2 is 2.05 bits per heavy atom. The van der Waals surface area contributed by atoms with Gasteiger partial charge in [-0.25, -0.2) is 4.79 Å². The lowest BCUT2D eigenvalue weighted by Crippen LogP contribution is -2.17. The van der Waals surface area contributed by atoms with E-state index in [2.05, 4.69) is 6.58 Å². The van der Waals surface area contributed by atoms with Gasteiger partial charge in [0.1, 0.15) is 11.5 Å². The predicted molar refractivity (Wildman–Crippen MR) is 83.1 cm³/mol. The molecule has 4 heteroatoms. The first-order valence-corrected chi connectivity index (χ1v) is 7.29. The lowest BCUT2D eigenvalue weighted by molar-refractivity contribution is -0.128. The van der Waals surface area contributed by atoms with Gasteiger partial charge in [0.05, 0.1) is 0 Å². The van der Waals surface area contributed by atoms with Crippen LogP contribution in [0, 0.1) is 0 Å². The highest BCUT2D eigenvalue weighted by Crippen LogP contribution is 2.44. The van der Waals surface area contributed by atoms with Crippen LogP contribution in [0.5, 0.6) is 11.5 Å². The zero-order valence-electron chi connectivity index (χ0n) is 11.4. The molecular weight excluding hydrogens is 288 g/mol. The predicted octanol–water partition coefficient (Wildman–Crippen LogP) is 3.73. The topological polar surface area (TPSA) is 46.5 Å². The summed E-state index contributed by atoms with van der Waals surface area (Å²) < 4.78 is 5.45. The van der Waals surface area contributed by atoms with Gasteiger partial charge in [-0.15, -0.1) is 11.6 Å². The Labute approximate surface area is 127 Å². The molecule has 0 bridgehead atoms. The Kier molecular flexibility index (Phi) is 3.60. The van der Waals surface area contributed by atoms with Crippen LogP contribution in [0.25, 0.3) is 10.8 Å². The van der Waals surface area contributed by atoms with Gasteiger partial charge in [0, 0.05) is 33.4 Å². The fraction of sp³-hybridized carbons (Fsp3) is 0.235. The molecule has 1 aliphatic carbocycles. The fourth-order valence-electron chi connectivity index (χ4n) is 2.86. The van der Waals surface area contributed by atoms with Gasteiger partial charge in [-0.2, -0.15) is 0 Å². The highest BCUT2D eigenvalue weighted by molar-refractivity contribution is 6.21. The third-order valence-corrected chi connectivity index (χ3v) is 4.23. The van der Waals surface area contributed by atoms with Crippen molar-refractivity contribution in [1.29, 1.82) is 0 Å². The minimum Gasteiger partial charge on any atom is -0.507 e. The molecule has 0 saturated carbocycles. The molecule has 0 spiro atoms. The van der Waals surface area contributed by atoms with E-state index in [4.69, 9.17) is 16.3 Å². The van der Waals surface area contributed by atoms with Crippen molar-refractivity contribution in [2.45, 2.75) is 24.6 Å². The fourth-order valence-corrected chi connectivity index (χ4v) is 3.12. The number of hydrogen-bond acceptors (Lipinski definition) is 3. The summed E-state index contributed by atoms with van der Waals surface area (Å²) in [4.78, 5) is 11.6. The van der Waals surface area contributed by atoms with Crippen molar-refractivity contribution < 1.29 is 14.6 Å². The third kappa shape index (κ3) is 2.38. The zero-order valence-corrected chi connectivity index (χ0v) is 12.2. The number of rotatable bonds is 2. The number of halogens is 1. The van der Waals surface area contributed by atoms with Gasteiger partial charge in [-0.3, -0.25) is 0 Å². The maximum atomic E-state index is 11.6. The monoisotopic (exact) mass is 302 g/mol. The van der Waals surface area contributed by atoms with Gasteiger partial charge >= 0.3 is 5.97 Å². The number of carbonyl (C=O) groups is 1. The summed E-state index contributed by atoms with van der Waals surface area (Å²) >= 11 is 6.25. The first kappa shape index (κ1) is 14.0. The molecule has 1 atom stereocenters. The van der Waals surface area contributed by atoms with Crippen LogP contribution in [-0.2, 0) is 17.6 Å². The minimum absolute atomic E-state index is 0.0146. The van der Waals surface area contributed by atoms with Crippen molar-refractivity contribution >= 4 is 28.3 Å². The Morgan fingerprint density at radius 3 is 2.76 bits per heavy atom. The van der Waals surface area contributed by atoms with Crippen molar-refractivity contribution in [3.05, 3.63) is 48.0 Å². The standard InChI is InChI=1S/C17H15ClO3/c1-2-15(19)21-17-13-6-4-3-5-11(13)16(20)12-8-7-10(18)9-14(12)17/h2-6,10,20H,1,7-9H2. The molecule has 0 radical (unpaired) electrons. The van der Waals surface area contributed by atoms with E-state index in [1.54, 1.807) is 0 Å². The number of alkyl halides is 1. The molecule has 0 fully saturated rings. The number of fused-ring (bicyclic) bond motifs is 2. The van der Waals surface area contributed by atoms with Crippen molar-refractivity contribution in [2.75, 3.05) is 0 Å². The zero-order chi connectivity index (χ0) is 15.0. The van der Waals surface area contributed by atoms with Crippen molar-refractivity contribution in [1.82, 2.24) is 0 Å². The van der Waals surface area contributed by atoms with Crippen LogP contribution < -0.4 is 4.74 Å². The summed E-state index contributed by atoms with van der Waals surface area (Å²) in [7, 11) is 0. The highest BCUT2D eigenvalue weighted by Gasteiger charge is 2.26. The van der Waals surface area contributed by atoms with Gasteiger partial charge in [0.15, 0.2) is 0 Å². The van der Waals surface area contributed by atoms with Crippen molar-refractivity contribution in [2.24, 2.45) is 0 Å². The molecule has 1 unspecified atom stereocenters. The summed E-state index contributed by atoms with van der Waals surface area (Å²) in [6.07, 6.45) is 3.19. The molecule has 21 heavy (non-hydrogen) atoms. The molecule has 2 aromatic rings. The second-order valence-electron chi connectivity index (χ2n) is 5.15. The summed E-state index contributed by atoms with van der Waals surface area (Å²) in [5.41, 5.74) is 1.66. The third-order valence-electron chi connectivity index (χ3n) is 3.85. The van der Waals surface area contributed by atoms with Crippen LogP contribution >= 0.6 is 11.6 Å². The molecule has 0 aromatic heterocycles. The van der Waals surface area contributed by atoms with E-state index in [1.165, 1.54) is 0 Å². The Bertz CT molecular complexity index is 736. The first-order valence-electron chi connectivity index (χ1n) is 6.85. The Morgan fingerprint density at radius 1 is 1.33 bits per heavy atom. The van der Waals surface area contributed by atoms with Gasteiger partial charge in [0.2, 0.25) is 0 Å². The second kappa shape index (κ2) is 5.41. The van der Waals surface area contributed by atoms with Crippen LogP contribution in [0.15, 0.2) is 36.9 Å². The largest absolute Gasteiger partial charge is 0.507 e. The average molecular weight is 303 g/mol. The second-order valence-corrected chi connectivity index (χ2v) is 5.76. The maximum Gasteiger partial charge on any atom is 0.335 e. The van der Waals surface area contributed by atoms with Crippen LogP contribution in [0.1, 0.15) is 17.5 Å². The van der Waals surface area contributed by atoms with Gasteiger partial charge in [0.25, 0.3) is 0 Å². The highest BCUT2D eigenvalue weighted by atomic mass is 35.5. The molecule has 108 valence electrons. The molecule has 0 heterocycles. The molecule has 0 amide bonds. The number of phenols is 1. The number of phenolic OH excluding ortho intramolecular Hbond substituents is 1. The van der Waals surface area contributed by atoms with E-state index < -0.39 is 5.97 Å². The molecule has 2 aromatic carbocycles. The Balaban J connectivity index is 2.30. The Hall–Kier alpha value is -2.00. The van der Waals surface area contributed by atoms with Gasteiger partial charge < -0.3 is 9.84 Å². The van der Waals surface area contributed by atoms with Crippen molar-refractivity contribution in [3.63, 3.8) is 0 Å². The number of hydrogen-bond donors (Lipinski definition) is 1. The smallest absolute Gasteiger partial charge is 0.335 e. The number of carbonyl (C=O) groups excluding carboxylic acids is 1. The normalized spacial score (nSPS) is 17.3. The van der Waals surface area contributed by atoms with E-state index >= 15 is 0 Å². The quantitative estimate of drug-likeness (QED) is 0.398. The van der Waals surface area contributed by atoms with E-state index in [0.717, 1.165) is 29.0 Å². The lowest BCUT2D eigenvalue weighted by Gasteiger charge is -2.25. The molecular formula is C17H15ClO3. The van der Waals surface area contributed by atoms with Crippen LogP contribution in [0.2, 0.25) is 0 Å². The minimum atomic E-state index is -0.510. The average Bonchev–Trinajstić information content (AvgIpc) is 2.51. The van der Waals surface area contributed by atoms with Gasteiger partial charge in [-0.05, 0) is 19.3 Å². The SMILES string of the molecule is C=CC(=O)Oc1c2c(c(O)c3ccccc13)CCC(Cl)C2. The van der Waals surface area contributed by atoms with E-state index in [9.17, 15) is 9.90 Å². The molecule has 1 N–H and O–H groups in total. The van der Waals surface area contributed by atoms with Crippen LogP contribution in [-0.4, -0.2) is 16.5 Å². The maximum absolute atomic E-state index is 11.6. The number of aromatic hydroxyl groups is 1. The van der Waals surface area contributed by atoms with Crippen LogP contribution in [0.4, 0.5) is 0 Å². The van der Waals surface area contributed by atoms with E-state index in [-0.39, 0.29) is 11.1 Å². The van der Waals surface area contributed by atoms with Crippen LogP contribution in [0.3, 0.4) is 0 Å². The summed E-state index contributed by atoms with van der Waals surface area (Å²) in [5, 5.41) is 11.9. The molecule has 0 saturated heterocycles. The summed E-state index contributed by atoms with van der Waals surface area (Å²) in [6, 6.07) is 7.35. The van der Waals surface area contributed by atoms with Gasteiger partial charge in [-0.1, -0.05) is 30.8 Å². The molecule has 1 aliphatic rings. The number of benzene rings is 2. The molecule has 3 rings (SSSR count). The molecule has 0 aliphatic heterocycles. The lowest BCUT2D eigenvalue weighted by atomic mass is 9.87. The number of esters is 1. The molecule has 3 nitrogen and oxygen atoms in total. The summed E-state index contributed by atoms with van der Waals surface area (Å²) in [6.45, 7) is 3.43. The number of ether oxygens (including phenoxy) is 1.